The molecule has 3 N–H and O–H groups in total. The average Bonchev–Trinajstić information content (AvgIpc) is 2.60. The van der Waals surface area contributed by atoms with E-state index in [9.17, 15) is 9.47 Å². The quantitative estimate of drug-likeness (QED) is 0.233. The summed E-state index contributed by atoms with van der Waals surface area (Å²) >= 11 is 0. The molecule has 8 heteroatoms. The Morgan fingerprint density at radius 3 is 2.54 bits per heavy atom. The summed E-state index contributed by atoms with van der Waals surface area (Å²) in [5.41, 5.74) is 1.16. The second-order valence-electron chi connectivity index (χ2n) is 6.43. The number of unbranched alkanes of at least 4 members (excludes halogenated alkanes) is 5. The van der Waals surface area contributed by atoms with E-state index in [0.717, 1.165) is 18.4 Å². The number of benzene rings is 1. The first-order valence-electron chi connectivity index (χ1n) is 9.30. The lowest BCUT2D eigenvalue weighted by Crippen LogP contribution is -2.15. The normalized spacial score (nSPS) is 11.5. The highest BCUT2D eigenvalue weighted by atomic mass is 31.2. The van der Waals surface area contributed by atoms with E-state index < -0.39 is 7.60 Å². The zero-order chi connectivity index (χ0) is 19.3. The summed E-state index contributed by atoms with van der Waals surface area (Å²) in [6.07, 6.45) is 7.32. The molecule has 0 heterocycles. The molecule has 0 atom stereocenters. The Morgan fingerprint density at radius 2 is 1.85 bits per heavy atom. The van der Waals surface area contributed by atoms with Crippen molar-refractivity contribution in [2.45, 2.75) is 58.4 Å². The van der Waals surface area contributed by atoms with Crippen LogP contribution < -0.4 is 10.1 Å². The fourth-order valence-corrected chi connectivity index (χ4v) is 3.14. The predicted molar refractivity (Wildman–Crippen MR) is 104 cm³/mol. The van der Waals surface area contributed by atoms with Gasteiger partial charge in [-0.15, -0.1) is 4.91 Å². The monoisotopic (exact) mass is 386 g/mol. The molecule has 7 nitrogen and oxygen atoms in total. The van der Waals surface area contributed by atoms with Crippen molar-refractivity contribution in [3.8, 4) is 5.75 Å². The average molecular weight is 386 g/mol. The molecule has 0 fully saturated rings. The Labute approximate surface area is 155 Å². The first-order valence-corrected chi connectivity index (χ1v) is 11.1. The van der Waals surface area contributed by atoms with E-state index >= 15 is 0 Å². The van der Waals surface area contributed by atoms with Crippen LogP contribution in [-0.2, 0) is 11.1 Å². The molecule has 0 saturated heterocycles. The summed E-state index contributed by atoms with van der Waals surface area (Å²) in [6.45, 7) is 3.76. The number of nitrogens with zero attached hydrogens (tertiary/aromatic N) is 1. The van der Waals surface area contributed by atoms with Gasteiger partial charge in [0.2, 0.25) is 0 Å². The van der Waals surface area contributed by atoms with Crippen LogP contribution in [0.4, 0.5) is 5.69 Å². The lowest BCUT2D eigenvalue weighted by Gasteiger charge is -2.10. The molecule has 0 aliphatic carbocycles. The maximum atomic E-state index is 11.0. The number of rotatable bonds is 15. The van der Waals surface area contributed by atoms with Crippen molar-refractivity contribution in [1.82, 2.24) is 5.32 Å². The Bertz CT molecular complexity index is 577. The molecule has 0 radical (unpaired) electrons. The second kappa shape index (κ2) is 13.0. The number of ether oxygens (including phenoxy) is 1. The molecule has 0 amide bonds. The maximum Gasteiger partial charge on any atom is 0.325 e. The van der Waals surface area contributed by atoms with Crippen LogP contribution in [0.15, 0.2) is 23.4 Å². The molecular formula is C18H31N2O5P. The summed E-state index contributed by atoms with van der Waals surface area (Å²) in [4.78, 5) is 28.6. The van der Waals surface area contributed by atoms with Gasteiger partial charge in [0, 0.05) is 6.54 Å². The first-order chi connectivity index (χ1) is 12.5. The Morgan fingerprint density at radius 1 is 1.12 bits per heavy atom. The van der Waals surface area contributed by atoms with Crippen LogP contribution in [0.3, 0.4) is 0 Å². The largest absolute Gasteiger partial charge is 0.491 e. The van der Waals surface area contributed by atoms with Crippen LogP contribution in [0.1, 0.15) is 57.4 Å². The van der Waals surface area contributed by atoms with Crippen LogP contribution in [-0.4, -0.2) is 29.1 Å². The Balaban J connectivity index is 2.32. The highest BCUT2D eigenvalue weighted by Gasteiger charge is 2.11. The third-order valence-corrected chi connectivity index (χ3v) is 4.91. The lowest BCUT2D eigenvalue weighted by atomic mass is 10.1. The van der Waals surface area contributed by atoms with E-state index in [-0.39, 0.29) is 11.8 Å². The summed E-state index contributed by atoms with van der Waals surface area (Å²) in [5.74, 6) is 0.499. The minimum Gasteiger partial charge on any atom is -0.491 e. The number of hydrogen-bond acceptors (Lipinski definition) is 5. The van der Waals surface area contributed by atoms with Crippen molar-refractivity contribution in [2.24, 2.45) is 5.18 Å². The van der Waals surface area contributed by atoms with Gasteiger partial charge in [-0.3, -0.25) is 4.57 Å². The van der Waals surface area contributed by atoms with E-state index in [1.165, 1.54) is 25.7 Å². The third kappa shape index (κ3) is 10.7. The highest BCUT2D eigenvalue weighted by Crippen LogP contribution is 2.34. The molecule has 148 valence electrons. The summed E-state index contributed by atoms with van der Waals surface area (Å²) in [6, 6.07) is 5.29. The first kappa shape index (κ1) is 22.8. The molecule has 0 spiro atoms. The number of hydrogen-bond donors (Lipinski definition) is 3. The van der Waals surface area contributed by atoms with Crippen LogP contribution in [0.25, 0.3) is 0 Å². The van der Waals surface area contributed by atoms with Crippen molar-refractivity contribution in [2.75, 3.05) is 19.3 Å². The van der Waals surface area contributed by atoms with Crippen LogP contribution in [0.5, 0.6) is 5.75 Å². The minimum absolute atomic E-state index is 0.133. The molecule has 0 bridgehead atoms. The van der Waals surface area contributed by atoms with E-state index in [4.69, 9.17) is 14.5 Å². The molecule has 0 saturated carbocycles. The molecule has 26 heavy (non-hydrogen) atoms. The van der Waals surface area contributed by atoms with E-state index in [1.807, 2.05) is 6.07 Å². The summed E-state index contributed by atoms with van der Waals surface area (Å²) < 4.78 is 16.4. The molecule has 0 aliphatic heterocycles. The molecule has 1 aromatic carbocycles. The van der Waals surface area contributed by atoms with Crippen molar-refractivity contribution >= 4 is 13.3 Å². The topological polar surface area (TPSA) is 108 Å². The SMILES string of the molecule is CCCCCCCCOc1ccc(CNCCCP(=O)(O)O)cc1N=O. The smallest absolute Gasteiger partial charge is 0.325 e. The van der Waals surface area contributed by atoms with Gasteiger partial charge in [0.15, 0.2) is 0 Å². The van der Waals surface area contributed by atoms with E-state index in [0.29, 0.717) is 31.9 Å². The van der Waals surface area contributed by atoms with Crippen molar-refractivity contribution < 1.29 is 19.1 Å². The Kier molecular flexibility index (Phi) is 11.4. The fourth-order valence-electron chi connectivity index (χ4n) is 2.57. The molecular weight excluding hydrogens is 355 g/mol. The van der Waals surface area contributed by atoms with Gasteiger partial charge < -0.3 is 19.8 Å². The van der Waals surface area contributed by atoms with Gasteiger partial charge in [0.1, 0.15) is 11.4 Å². The van der Waals surface area contributed by atoms with Crippen molar-refractivity contribution in [3.63, 3.8) is 0 Å². The van der Waals surface area contributed by atoms with Gasteiger partial charge in [-0.2, -0.15) is 0 Å². The summed E-state index contributed by atoms with van der Waals surface area (Å²) in [5, 5.41) is 6.14. The predicted octanol–water partition coefficient (Wildman–Crippen LogP) is 4.48. The standard InChI is InChI=1S/C18H31N2O5P/c1-2-3-4-5-6-7-12-25-18-10-9-16(14-17(18)20-21)15-19-11-8-13-26(22,23)24/h9-10,14,19H,2-8,11-13,15H2,1H3,(H2,22,23,24). The Hall–Kier alpha value is -1.27. The van der Waals surface area contributed by atoms with Crippen LogP contribution >= 0.6 is 7.60 Å². The van der Waals surface area contributed by atoms with Gasteiger partial charge in [-0.05, 0) is 42.3 Å². The molecule has 1 aromatic rings. The van der Waals surface area contributed by atoms with Gasteiger partial charge in [-0.25, -0.2) is 0 Å². The molecule has 0 unspecified atom stereocenters. The second-order valence-corrected chi connectivity index (χ2v) is 8.20. The third-order valence-electron chi connectivity index (χ3n) is 4.01. The molecule has 0 aromatic heterocycles. The zero-order valence-electron chi connectivity index (χ0n) is 15.5. The molecule has 0 aliphatic rings. The number of nitrogens with one attached hydrogen (secondary N) is 1. The lowest BCUT2D eigenvalue weighted by molar-refractivity contribution is 0.305. The number of nitroso groups, excluding NO2 is 1. The fraction of sp³-hybridized carbons (Fsp3) is 0.667. The van der Waals surface area contributed by atoms with Gasteiger partial charge in [-0.1, -0.05) is 45.1 Å². The van der Waals surface area contributed by atoms with Crippen LogP contribution in [0, 0.1) is 4.91 Å². The summed E-state index contributed by atoms with van der Waals surface area (Å²) in [7, 11) is -3.93. The van der Waals surface area contributed by atoms with Gasteiger partial charge in [0.25, 0.3) is 0 Å². The van der Waals surface area contributed by atoms with Crippen molar-refractivity contribution in [1.29, 1.82) is 0 Å². The van der Waals surface area contributed by atoms with Crippen molar-refractivity contribution in [3.05, 3.63) is 28.7 Å². The molecule has 1 rings (SSSR count). The van der Waals surface area contributed by atoms with Crippen LogP contribution in [0.2, 0.25) is 0 Å². The van der Waals surface area contributed by atoms with E-state index in [1.54, 1.807) is 12.1 Å². The maximum absolute atomic E-state index is 11.0. The van der Waals surface area contributed by atoms with Gasteiger partial charge in [0.05, 0.1) is 12.8 Å². The van der Waals surface area contributed by atoms with Gasteiger partial charge >= 0.3 is 7.60 Å². The zero-order valence-corrected chi connectivity index (χ0v) is 16.4. The highest BCUT2D eigenvalue weighted by molar-refractivity contribution is 7.51. The minimum atomic E-state index is -3.93. The van der Waals surface area contributed by atoms with E-state index in [2.05, 4.69) is 17.4 Å².